The van der Waals surface area contributed by atoms with Gasteiger partial charge < -0.3 is 4.74 Å². The molecule has 3 aromatic carbocycles. The van der Waals surface area contributed by atoms with Gasteiger partial charge in [0.2, 0.25) is 5.69 Å². The maximum absolute atomic E-state index is 6.92. The van der Waals surface area contributed by atoms with Crippen LogP contribution in [0, 0.1) is 12.3 Å². The summed E-state index contributed by atoms with van der Waals surface area (Å²) >= 11 is 0. The molecule has 3 heteroatoms. The fraction of sp³-hybridized carbons (Fsp3) is 0.345. The van der Waals surface area contributed by atoms with E-state index in [-0.39, 0.29) is 5.41 Å². The quantitative estimate of drug-likeness (QED) is 0.212. The Morgan fingerprint density at radius 1 is 0.969 bits per heavy atom. The molecule has 0 aliphatic carbocycles. The van der Waals surface area contributed by atoms with Gasteiger partial charge in [0.15, 0.2) is 6.20 Å². The fourth-order valence-corrected chi connectivity index (χ4v) is 6.30. The largest absolute Gasteiger partial charge is 0.455 e. The monoisotopic (exact) mass is 440 g/mol. The molecule has 2 nitrogen and oxygen atoms in total. The second-order valence-electron chi connectivity index (χ2n) is 11.7. The fourth-order valence-electron chi connectivity index (χ4n) is 5.14. The van der Waals surface area contributed by atoms with Crippen molar-refractivity contribution in [3.63, 3.8) is 0 Å². The summed E-state index contributed by atoms with van der Waals surface area (Å²) in [5, 5.41) is 6.61. The Kier molecular flexibility index (Phi) is 4.59. The topological polar surface area (TPSA) is 13.1 Å². The van der Waals surface area contributed by atoms with Crippen LogP contribution in [0.4, 0.5) is 0 Å². The first-order valence-corrected chi connectivity index (χ1v) is 15.1. The van der Waals surface area contributed by atoms with Crippen molar-refractivity contribution in [2.75, 3.05) is 0 Å². The summed E-state index contributed by atoms with van der Waals surface area (Å²) in [7, 11) is 0.675. The molecule has 0 fully saturated rings. The number of pyridine rings is 1. The van der Waals surface area contributed by atoms with Crippen molar-refractivity contribution in [3.05, 3.63) is 59.8 Å². The van der Waals surface area contributed by atoms with Gasteiger partial charge in [-0.25, -0.2) is 4.57 Å². The van der Waals surface area contributed by atoms with Gasteiger partial charge in [0, 0.05) is 11.6 Å². The molecule has 0 amide bonds. The van der Waals surface area contributed by atoms with Gasteiger partial charge in [-0.3, -0.25) is 0 Å². The summed E-state index contributed by atoms with van der Waals surface area (Å²) < 4.78 is 9.20. The minimum atomic E-state index is -1.49. The average Bonchev–Trinajstić information content (AvgIpc) is 2.71. The molecule has 1 aromatic heterocycles. The molecule has 164 valence electrons. The molecule has 4 aromatic rings. The standard InChI is InChI=1S/C29H34NOSi/c1-18-21-11-9-10-12-22(21)23(17-29(2,3)4)28-25(18)27-26-19(13-14-30(27)5)15-20(32(6,7)8)16-24(26)31-28/h9-16H,17H2,1-8H3/q+1. The highest BCUT2D eigenvalue weighted by Crippen LogP contribution is 2.51. The molecular weight excluding hydrogens is 406 g/mol. The third-order valence-corrected chi connectivity index (χ3v) is 8.77. The average molecular weight is 441 g/mol. The highest BCUT2D eigenvalue weighted by Gasteiger charge is 2.34. The van der Waals surface area contributed by atoms with E-state index < -0.39 is 8.07 Å². The molecule has 5 rings (SSSR count). The zero-order valence-corrected chi connectivity index (χ0v) is 21.7. The van der Waals surface area contributed by atoms with E-state index in [1.165, 1.54) is 49.1 Å². The summed E-state index contributed by atoms with van der Waals surface area (Å²) in [6.45, 7) is 16.4. The Labute approximate surface area is 192 Å². The Hall–Kier alpha value is -2.65. The van der Waals surface area contributed by atoms with Crippen molar-refractivity contribution >= 4 is 34.8 Å². The first-order valence-electron chi connectivity index (χ1n) is 11.6. The normalized spacial score (nSPS) is 13.4. The van der Waals surface area contributed by atoms with E-state index in [1.54, 1.807) is 0 Å². The van der Waals surface area contributed by atoms with E-state index >= 15 is 0 Å². The van der Waals surface area contributed by atoms with E-state index in [1.807, 2.05) is 0 Å². The Morgan fingerprint density at radius 3 is 2.31 bits per heavy atom. The summed E-state index contributed by atoms with van der Waals surface area (Å²) in [5.74, 6) is 2.07. The number of fused-ring (bicyclic) bond motifs is 3. The van der Waals surface area contributed by atoms with Crippen LogP contribution in [0.5, 0.6) is 11.5 Å². The lowest BCUT2D eigenvalue weighted by Crippen LogP contribution is -2.38. The number of ether oxygens (including phenoxy) is 1. The van der Waals surface area contributed by atoms with Gasteiger partial charge in [-0.1, -0.05) is 75.9 Å². The highest BCUT2D eigenvalue weighted by atomic mass is 28.3. The number of aromatic nitrogens is 1. The second-order valence-corrected chi connectivity index (χ2v) is 16.7. The van der Waals surface area contributed by atoms with Gasteiger partial charge in [-0.05, 0) is 46.5 Å². The van der Waals surface area contributed by atoms with Crippen molar-refractivity contribution in [2.45, 2.75) is 53.8 Å². The van der Waals surface area contributed by atoms with Crippen LogP contribution < -0.4 is 14.5 Å². The zero-order chi connectivity index (χ0) is 23.0. The Bertz CT molecular complexity index is 1400. The van der Waals surface area contributed by atoms with E-state index in [0.29, 0.717) is 0 Å². The van der Waals surface area contributed by atoms with Crippen LogP contribution >= 0.6 is 0 Å². The molecule has 1 aliphatic rings. The van der Waals surface area contributed by atoms with Gasteiger partial charge in [-0.2, -0.15) is 0 Å². The molecule has 1 aliphatic heterocycles. The van der Waals surface area contributed by atoms with Crippen molar-refractivity contribution in [1.29, 1.82) is 0 Å². The Balaban J connectivity index is 1.95. The molecule has 0 bridgehead atoms. The van der Waals surface area contributed by atoms with Crippen molar-refractivity contribution in [2.24, 2.45) is 12.5 Å². The number of rotatable bonds is 2. The zero-order valence-electron chi connectivity index (χ0n) is 20.7. The van der Waals surface area contributed by atoms with Crippen LogP contribution in [0.15, 0.2) is 48.7 Å². The lowest BCUT2D eigenvalue weighted by molar-refractivity contribution is -0.659. The van der Waals surface area contributed by atoms with Crippen LogP contribution in [0.2, 0.25) is 19.6 Å². The van der Waals surface area contributed by atoms with Gasteiger partial charge >= 0.3 is 0 Å². The van der Waals surface area contributed by atoms with Gasteiger partial charge in [0.25, 0.3) is 0 Å². The third-order valence-electron chi connectivity index (χ3n) is 6.75. The van der Waals surface area contributed by atoms with Crippen LogP contribution in [-0.4, -0.2) is 8.07 Å². The molecule has 0 spiro atoms. The number of benzene rings is 3. The van der Waals surface area contributed by atoms with Crippen molar-refractivity contribution < 1.29 is 9.30 Å². The lowest BCUT2D eigenvalue weighted by atomic mass is 9.82. The van der Waals surface area contributed by atoms with Crippen LogP contribution in [0.1, 0.15) is 31.9 Å². The first-order chi connectivity index (χ1) is 15.0. The molecular formula is C29H34NOSi+. The summed E-state index contributed by atoms with van der Waals surface area (Å²) in [6, 6.07) is 15.8. The Morgan fingerprint density at radius 2 is 1.66 bits per heavy atom. The lowest BCUT2D eigenvalue weighted by Gasteiger charge is -2.29. The number of aryl methyl sites for hydroxylation is 2. The van der Waals surface area contributed by atoms with E-state index in [9.17, 15) is 0 Å². The maximum Gasteiger partial charge on any atom is 0.228 e. The number of nitrogens with zero attached hydrogens (tertiary/aromatic N) is 1. The predicted molar refractivity (Wildman–Crippen MR) is 139 cm³/mol. The summed E-state index contributed by atoms with van der Waals surface area (Å²) in [4.78, 5) is 0. The molecule has 0 atom stereocenters. The van der Waals surface area contributed by atoms with Crippen molar-refractivity contribution in [3.8, 4) is 22.8 Å². The molecule has 0 saturated carbocycles. The van der Waals surface area contributed by atoms with Crippen LogP contribution in [0.25, 0.3) is 32.8 Å². The highest BCUT2D eigenvalue weighted by molar-refractivity contribution is 6.88. The molecule has 0 saturated heterocycles. The molecule has 0 unspecified atom stereocenters. The SMILES string of the molecule is Cc1c2c(c(CC(C)(C)C)c3ccccc13)Oc1cc([Si](C)(C)C)cc3cc[n+](C)c-2c13. The second kappa shape index (κ2) is 6.92. The smallest absolute Gasteiger partial charge is 0.228 e. The molecule has 32 heavy (non-hydrogen) atoms. The number of hydrogen-bond donors (Lipinski definition) is 0. The maximum atomic E-state index is 6.92. The summed E-state index contributed by atoms with van der Waals surface area (Å²) in [5.41, 5.74) is 5.32. The van der Waals surface area contributed by atoms with Gasteiger partial charge in [-0.15, -0.1) is 0 Å². The van der Waals surface area contributed by atoms with E-state index in [2.05, 4.69) is 108 Å². The molecule has 2 heterocycles. The van der Waals surface area contributed by atoms with Crippen molar-refractivity contribution in [1.82, 2.24) is 0 Å². The molecule has 0 N–H and O–H groups in total. The first kappa shape index (κ1) is 21.2. The van der Waals surface area contributed by atoms with Crippen LogP contribution in [-0.2, 0) is 13.5 Å². The number of hydrogen-bond acceptors (Lipinski definition) is 1. The summed E-state index contributed by atoms with van der Waals surface area (Å²) in [6.07, 6.45) is 3.18. The minimum Gasteiger partial charge on any atom is -0.455 e. The van der Waals surface area contributed by atoms with Gasteiger partial charge in [0.05, 0.1) is 19.0 Å². The van der Waals surface area contributed by atoms with Gasteiger partial charge in [0.1, 0.15) is 18.5 Å². The van der Waals surface area contributed by atoms with E-state index in [4.69, 9.17) is 4.74 Å². The predicted octanol–water partition coefficient (Wildman–Crippen LogP) is 7.03. The minimum absolute atomic E-state index is 0.157. The van der Waals surface area contributed by atoms with E-state index in [0.717, 1.165) is 17.9 Å². The van der Waals surface area contributed by atoms with Crippen LogP contribution in [0.3, 0.4) is 0 Å². The molecule has 0 radical (unpaired) electrons. The third kappa shape index (κ3) is 3.26.